The van der Waals surface area contributed by atoms with E-state index in [0.29, 0.717) is 5.92 Å². The average molecular weight is 222 g/mol. The van der Waals surface area contributed by atoms with Crippen LogP contribution in [0.1, 0.15) is 45.4 Å². The number of aryl methyl sites for hydroxylation is 1. The molecule has 0 aliphatic carbocycles. The smallest absolute Gasteiger partial charge is 0.136 e. The molecule has 16 heavy (non-hydrogen) atoms. The lowest BCUT2D eigenvalue weighted by atomic mass is 9.93. The number of hydrogen-bond donors (Lipinski definition) is 0. The fourth-order valence-electron chi connectivity index (χ4n) is 2.46. The molecule has 0 spiro atoms. The minimum Gasteiger partial charge on any atom is -0.320 e. The zero-order valence-electron chi connectivity index (χ0n) is 10.8. The number of piperidine rings is 1. The molecular weight excluding hydrogens is 200 g/mol. The Kier molecular flexibility index (Phi) is 3.02. The minimum absolute atomic E-state index is 0.261. The van der Waals surface area contributed by atoms with Crippen molar-refractivity contribution in [1.82, 2.24) is 19.7 Å². The predicted octanol–water partition coefficient (Wildman–Crippen LogP) is 1.79. The van der Waals surface area contributed by atoms with E-state index in [4.69, 9.17) is 0 Å². The lowest BCUT2D eigenvalue weighted by molar-refractivity contribution is 0.0961. The molecule has 1 aromatic rings. The molecular formula is C12H22N4. The Bertz CT molecular complexity index is 350. The van der Waals surface area contributed by atoms with Crippen LogP contribution in [0.3, 0.4) is 0 Å². The molecule has 1 atom stereocenters. The van der Waals surface area contributed by atoms with Crippen LogP contribution in [-0.4, -0.2) is 38.3 Å². The minimum atomic E-state index is 0.261. The Morgan fingerprint density at radius 1 is 1.38 bits per heavy atom. The van der Waals surface area contributed by atoms with Crippen LogP contribution in [0.4, 0.5) is 0 Å². The SMILES string of the molecule is Cn1cnnc1C1CCCN(C(C)(C)C)C1. The van der Waals surface area contributed by atoms with Crippen molar-refractivity contribution in [3.8, 4) is 0 Å². The van der Waals surface area contributed by atoms with Crippen LogP contribution in [0.25, 0.3) is 0 Å². The summed E-state index contributed by atoms with van der Waals surface area (Å²) in [5.41, 5.74) is 0.261. The Labute approximate surface area is 97.7 Å². The number of aromatic nitrogens is 3. The van der Waals surface area contributed by atoms with Crippen LogP contribution >= 0.6 is 0 Å². The maximum absolute atomic E-state index is 4.24. The van der Waals surface area contributed by atoms with E-state index in [1.807, 2.05) is 7.05 Å². The summed E-state index contributed by atoms with van der Waals surface area (Å²) in [4.78, 5) is 2.55. The summed E-state index contributed by atoms with van der Waals surface area (Å²) in [6.45, 7) is 9.16. The zero-order chi connectivity index (χ0) is 11.8. The van der Waals surface area contributed by atoms with Gasteiger partial charge in [-0.3, -0.25) is 4.90 Å². The van der Waals surface area contributed by atoms with E-state index in [0.717, 1.165) is 12.4 Å². The van der Waals surface area contributed by atoms with Crippen molar-refractivity contribution in [1.29, 1.82) is 0 Å². The lowest BCUT2D eigenvalue weighted by Crippen LogP contribution is -2.47. The standard InChI is InChI=1S/C12H22N4/c1-12(2,3)16-7-5-6-10(8-16)11-14-13-9-15(11)4/h9-10H,5-8H2,1-4H3. The summed E-state index contributed by atoms with van der Waals surface area (Å²) in [7, 11) is 2.03. The van der Waals surface area contributed by atoms with Crippen LogP contribution in [-0.2, 0) is 7.05 Å². The second kappa shape index (κ2) is 4.17. The Hall–Kier alpha value is -0.900. The summed E-state index contributed by atoms with van der Waals surface area (Å²) in [5, 5.41) is 8.22. The molecule has 1 unspecified atom stereocenters. The average Bonchev–Trinajstić information content (AvgIpc) is 2.63. The van der Waals surface area contributed by atoms with Crippen LogP contribution < -0.4 is 0 Å². The topological polar surface area (TPSA) is 34.0 Å². The van der Waals surface area contributed by atoms with E-state index >= 15 is 0 Å². The molecule has 0 amide bonds. The van der Waals surface area contributed by atoms with Crippen LogP contribution in [0.2, 0.25) is 0 Å². The van der Waals surface area contributed by atoms with Crippen molar-refractivity contribution in [2.45, 2.75) is 45.1 Å². The molecule has 1 aromatic heterocycles. The van der Waals surface area contributed by atoms with Gasteiger partial charge in [-0.05, 0) is 40.2 Å². The monoisotopic (exact) mass is 222 g/mol. The third kappa shape index (κ3) is 2.26. The predicted molar refractivity (Wildman–Crippen MR) is 64.3 cm³/mol. The van der Waals surface area contributed by atoms with E-state index in [1.54, 1.807) is 6.33 Å². The fourth-order valence-corrected chi connectivity index (χ4v) is 2.46. The van der Waals surface area contributed by atoms with Crippen molar-refractivity contribution in [3.05, 3.63) is 12.2 Å². The number of rotatable bonds is 1. The summed E-state index contributed by atoms with van der Waals surface area (Å²) < 4.78 is 2.05. The summed E-state index contributed by atoms with van der Waals surface area (Å²) in [6, 6.07) is 0. The highest BCUT2D eigenvalue weighted by molar-refractivity contribution is 5.00. The largest absolute Gasteiger partial charge is 0.320 e. The van der Waals surface area contributed by atoms with Crippen molar-refractivity contribution in [3.63, 3.8) is 0 Å². The molecule has 0 bridgehead atoms. The van der Waals surface area contributed by atoms with Gasteiger partial charge in [-0.15, -0.1) is 10.2 Å². The highest BCUT2D eigenvalue weighted by Crippen LogP contribution is 2.29. The van der Waals surface area contributed by atoms with Gasteiger partial charge in [0.2, 0.25) is 0 Å². The lowest BCUT2D eigenvalue weighted by Gasteiger charge is -2.41. The molecule has 1 fully saturated rings. The van der Waals surface area contributed by atoms with Gasteiger partial charge in [0.15, 0.2) is 0 Å². The molecule has 0 N–H and O–H groups in total. The number of hydrogen-bond acceptors (Lipinski definition) is 3. The van der Waals surface area contributed by atoms with E-state index in [9.17, 15) is 0 Å². The van der Waals surface area contributed by atoms with Crippen LogP contribution in [0, 0.1) is 0 Å². The third-order valence-electron chi connectivity index (χ3n) is 3.48. The maximum Gasteiger partial charge on any atom is 0.136 e. The molecule has 0 radical (unpaired) electrons. The number of likely N-dealkylation sites (tertiary alicyclic amines) is 1. The second-order valence-corrected chi connectivity index (χ2v) is 5.76. The van der Waals surface area contributed by atoms with E-state index in [-0.39, 0.29) is 5.54 Å². The first-order valence-corrected chi connectivity index (χ1v) is 6.07. The molecule has 1 saturated heterocycles. The maximum atomic E-state index is 4.24. The van der Waals surface area contributed by atoms with E-state index in [2.05, 4.69) is 40.4 Å². The molecule has 1 aliphatic heterocycles. The first-order chi connectivity index (χ1) is 7.48. The third-order valence-corrected chi connectivity index (χ3v) is 3.48. The molecule has 2 rings (SSSR count). The van der Waals surface area contributed by atoms with Gasteiger partial charge in [0.05, 0.1) is 0 Å². The van der Waals surface area contributed by atoms with Gasteiger partial charge in [0, 0.05) is 25.0 Å². The molecule has 0 aromatic carbocycles. The van der Waals surface area contributed by atoms with Crippen molar-refractivity contribution < 1.29 is 0 Å². The highest BCUT2D eigenvalue weighted by Gasteiger charge is 2.30. The highest BCUT2D eigenvalue weighted by atomic mass is 15.3. The quantitative estimate of drug-likeness (QED) is 0.726. The zero-order valence-corrected chi connectivity index (χ0v) is 10.8. The first-order valence-electron chi connectivity index (χ1n) is 6.07. The van der Waals surface area contributed by atoms with Gasteiger partial charge in [0.1, 0.15) is 12.2 Å². The van der Waals surface area contributed by atoms with Crippen molar-refractivity contribution >= 4 is 0 Å². The van der Waals surface area contributed by atoms with Gasteiger partial charge in [-0.1, -0.05) is 0 Å². The van der Waals surface area contributed by atoms with Crippen molar-refractivity contribution in [2.75, 3.05) is 13.1 Å². The summed E-state index contributed by atoms with van der Waals surface area (Å²) >= 11 is 0. The van der Waals surface area contributed by atoms with E-state index in [1.165, 1.54) is 19.4 Å². The number of nitrogens with zero attached hydrogens (tertiary/aromatic N) is 4. The summed E-state index contributed by atoms with van der Waals surface area (Å²) in [5.74, 6) is 1.68. The Morgan fingerprint density at radius 3 is 2.69 bits per heavy atom. The molecule has 2 heterocycles. The Morgan fingerprint density at radius 2 is 2.12 bits per heavy atom. The molecule has 4 nitrogen and oxygen atoms in total. The molecule has 0 saturated carbocycles. The van der Waals surface area contributed by atoms with Gasteiger partial charge in [0.25, 0.3) is 0 Å². The van der Waals surface area contributed by atoms with Crippen LogP contribution in [0.5, 0.6) is 0 Å². The van der Waals surface area contributed by atoms with Gasteiger partial charge in [-0.25, -0.2) is 0 Å². The Balaban J connectivity index is 2.11. The normalized spacial score (nSPS) is 23.6. The first kappa shape index (κ1) is 11.6. The van der Waals surface area contributed by atoms with E-state index < -0.39 is 0 Å². The molecule has 90 valence electrons. The van der Waals surface area contributed by atoms with Gasteiger partial charge >= 0.3 is 0 Å². The van der Waals surface area contributed by atoms with Crippen molar-refractivity contribution in [2.24, 2.45) is 7.05 Å². The second-order valence-electron chi connectivity index (χ2n) is 5.76. The summed E-state index contributed by atoms with van der Waals surface area (Å²) in [6.07, 6.45) is 4.29. The van der Waals surface area contributed by atoms with Gasteiger partial charge < -0.3 is 4.57 Å². The fraction of sp³-hybridized carbons (Fsp3) is 0.833. The molecule has 4 heteroatoms. The van der Waals surface area contributed by atoms with Gasteiger partial charge in [-0.2, -0.15) is 0 Å². The van der Waals surface area contributed by atoms with Crippen LogP contribution in [0.15, 0.2) is 6.33 Å². The molecule has 1 aliphatic rings.